The Labute approximate surface area is 88.9 Å². The smallest absolute Gasteiger partial charge is 0.0698 e. The maximum Gasteiger partial charge on any atom is 0.0698 e. The number of aliphatic hydroxyl groups is 2. The Balaban J connectivity index is 0. The van der Waals surface area contributed by atoms with E-state index in [1.807, 2.05) is 0 Å². The number of thiol groups is 2. The Kier molecular flexibility index (Phi) is 17.9. The molecule has 0 heterocycles. The minimum Gasteiger partial charge on any atom is -0.394 e. The topological polar surface area (TPSA) is 49.7 Å². The molecule has 12 heavy (non-hydrogen) atoms. The van der Waals surface area contributed by atoms with E-state index in [-0.39, 0.29) is 13.2 Å². The van der Waals surface area contributed by atoms with Gasteiger partial charge >= 0.3 is 0 Å². The second kappa shape index (κ2) is 14.2. The quantitative estimate of drug-likeness (QED) is 0.309. The van der Waals surface area contributed by atoms with Gasteiger partial charge in [-0.15, -0.1) is 12.6 Å². The molecule has 0 aromatic carbocycles. The van der Waals surface area contributed by atoms with E-state index in [9.17, 15) is 0 Å². The van der Waals surface area contributed by atoms with E-state index >= 15 is 0 Å². The zero-order valence-electron chi connectivity index (χ0n) is 6.64. The molecule has 0 saturated carbocycles. The third-order valence-electron chi connectivity index (χ3n) is 0.607. The zero-order valence-corrected chi connectivity index (χ0v) is 9.25. The summed E-state index contributed by atoms with van der Waals surface area (Å²) in [5.41, 5.74) is 0. The minimum atomic E-state index is 0.0278. The van der Waals surface area contributed by atoms with Gasteiger partial charge in [0.2, 0.25) is 0 Å². The van der Waals surface area contributed by atoms with Crippen LogP contribution in [0.3, 0.4) is 0 Å². The lowest BCUT2D eigenvalue weighted by Crippen LogP contribution is -2.03. The molecule has 0 atom stereocenters. The molecule has 0 aliphatic carbocycles. The van der Waals surface area contributed by atoms with Crippen LogP contribution in [0.25, 0.3) is 0 Å². The molecule has 0 fully saturated rings. The molecule has 0 bridgehead atoms. The van der Waals surface area contributed by atoms with E-state index < -0.39 is 0 Å². The van der Waals surface area contributed by atoms with Crippen LogP contribution in [0.4, 0.5) is 0 Å². The molecule has 0 aromatic rings. The standard InChI is InChI=1S/C4H10O3.C2H4S3/c5-1-3-7-4-2-6;3-1-2(4)5/h5-6H,1-4H2;3H,1H2,(H,4,5). The van der Waals surface area contributed by atoms with Crippen LogP contribution in [-0.2, 0) is 4.74 Å². The molecule has 6 heteroatoms. The first-order valence-electron chi connectivity index (χ1n) is 3.31. The van der Waals surface area contributed by atoms with Crippen molar-refractivity contribution < 1.29 is 14.9 Å². The lowest BCUT2D eigenvalue weighted by molar-refractivity contribution is 0.0650. The summed E-state index contributed by atoms with van der Waals surface area (Å²) in [6.07, 6.45) is 0. The lowest BCUT2D eigenvalue weighted by Gasteiger charge is -1.94. The summed E-state index contributed by atoms with van der Waals surface area (Å²) < 4.78 is 5.28. The first kappa shape index (κ1) is 15.2. The van der Waals surface area contributed by atoms with Crippen LogP contribution in [0.15, 0.2) is 0 Å². The number of hydrogen-bond donors (Lipinski definition) is 4. The number of rotatable bonds is 5. The van der Waals surface area contributed by atoms with Gasteiger partial charge in [-0.3, -0.25) is 0 Å². The van der Waals surface area contributed by atoms with E-state index in [1.165, 1.54) is 0 Å². The summed E-state index contributed by atoms with van der Waals surface area (Å²) in [7, 11) is 0. The van der Waals surface area contributed by atoms with Crippen LogP contribution in [0.5, 0.6) is 0 Å². The third kappa shape index (κ3) is 22.4. The highest BCUT2D eigenvalue weighted by atomic mass is 32.1. The Bertz CT molecular complexity index is 96.0. The molecule has 0 amide bonds. The second-order valence-electron chi connectivity index (χ2n) is 1.61. The van der Waals surface area contributed by atoms with Crippen molar-refractivity contribution >= 4 is 41.7 Å². The van der Waals surface area contributed by atoms with Gasteiger partial charge in [-0.05, 0) is 0 Å². The van der Waals surface area contributed by atoms with Crippen LogP contribution in [0, 0.1) is 0 Å². The lowest BCUT2D eigenvalue weighted by atomic mass is 10.7. The van der Waals surface area contributed by atoms with Crippen LogP contribution in [0.1, 0.15) is 0 Å². The van der Waals surface area contributed by atoms with Gasteiger partial charge in [0.05, 0.1) is 30.6 Å². The molecule has 0 spiro atoms. The van der Waals surface area contributed by atoms with Crippen molar-refractivity contribution in [1.29, 1.82) is 0 Å². The largest absolute Gasteiger partial charge is 0.394 e. The van der Waals surface area contributed by atoms with E-state index in [4.69, 9.17) is 10.2 Å². The van der Waals surface area contributed by atoms with E-state index in [2.05, 4.69) is 42.2 Å². The van der Waals surface area contributed by atoms with Gasteiger partial charge in [0.1, 0.15) is 0 Å². The van der Waals surface area contributed by atoms with E-state index in [0.29, 0.717) is 23.2 Å². The van der Waals surface area contributed by atoms with Gasteiger partial charge in [0, 0.05) is 5.75 Å². The third-order valence-corrected chi connectivity index (χ3v) is 1.69. The highest BCUT2D eigenvalue weighted by Crippen LogP contribution is 1.83. The average molecular weight is 230 g/mol. The van der Waals surface area contributed by atoms with Crippen LogP contribution in [0.2, 0.25) is 0 Å². The fourth-order valence-electron chi connectivity index (χ4n) is 0.231. The molecular formula is C6H14O3S3. The van der Waals surface area contributed by atoms with E-state index in [1.54, 1.807) is 0 Å². The number of ether oxygens (including phenoxy) is 1. The number of hydrogen-bond acceptors (Lipinski definition) is 5. The normalized spacial score (nSPS) is 8.67. The molecule has 0 aliphatic heterocycles. The Morgan fingerprint density at radius 3 is 1.75 bits per heavy atom. The maximum atomic E-state index is 8.09. The number of aliphatic hydroxyl groups excluding tert-OH is 2. The van der Waals surface area contributed by atoms with Crippen LogP contribution >= 0.6 is 37.5 Å². The maximum absolute atomic E-state index is 8.09. The van der Waals surface area contributed by atoms with Crippen LogP contribution < -0.4 is 0 Å². The molecule has 0 aliphatic rings. The average Bonchev–Trinajstić information content (AvgIpc) is 2.07. The van der Waals surface area contributed by atoms with Gasteiger partial charge in [-0.25, -0.2) is 0 Å². The molecule has 0 aromatic heterocycles. The zero-order chi connectivity index (χ0) is 9.82. The highest BCUT2D eigenvalue weighted by molar-refractivity contribution is 8.12. The van der Waals surface area contributed by atoms with Crippen molar-refractivity contribution in [2.75, 3.05) is 32.2 Å². The van der Waals surface area contributed by atoms with Crippen molar-refractivity contribution in [3.63, 3.8) is 0 Å². The molecule has 0 radical (unpaired) electrons. The van der Waals surface area contributed by atoms with Gasteiger partial charge < -0.3 is 14.9 Å². The van der Waals surface area contributed by atoms with Crippen molar-refractivity contribution in [3.05, 3.63) is 0 Å². The predicted molar refractivity (Wildman–Crippen MR) is 60.4 cm³/mol. The van der Waals surface area contributed by atoms with Gasteiger partial charge in [0.25, 0.3) is 0 Å². The summed E-state index contributed by atoms with van der Waals surface area (Å²) in [5.74, 6) is 0.596. The van der Waals surface area contributed by atoms with Crippen molar-refractivity contribution in [2.45, 2.75) is 0 Å². The Morgan fingerprint density at radius 1 is 1.25 bits per heavy atom. The molecule has 3 nitrogen and oxygen atoms in total. The Hall–Kier alpha value is 0.670. The second-order valence-corrected chi connectivity index (χ2v) is 3.26. The molecule has 74 valence electrons. The summed E-state index contributed by atoms with van der Waals surface area (Å²) in [6.45, 7) is 0.696. The first-order chi connectivity index (χ1) is 5.68. The Morgan fingerprint density at radius 2 is 1.58 bits per heavy atom. The minimum absolute atomic E-state index is 0.0278. The SMILES string of the molecule is OCCOCCO.S=C(S)CS. The molecule has 0 saturated heterocycles. The molecule has 0 unspecified atom stereocenters. The predicted octanol–water partition coefficient (Wildman–Crippen LogP) is 0.161. The summed E-state index contributed by atoms with van der Waals surface area (Å²) in [5, 5.41) is 16.2. The summed E-state index contributed by atoms with van der Waals surface area (Å²) in [6, 6.07) is 0. The summed E-state index contributed by atoms with van der Waals surface area (Å²) in [4.78, 5) is 0. The van der Waals surface area contributed by atoms with Gasteiger partial charge in [0.15, 0.2) is 0 Å². The van der Waals surface area contributed by atoms with Crippen LogP contribution in [-0.4, -0.2) is 46.6 Å². The van der Waals surface area contributed by atoms with Crippen molar-refractivity contribution in [1.82, 2.24) is 0 Å². The summed E-state index contributed by atoms with van der Waals surface area (Å²) >= 11 is 12.0. The van der Waals surface area contributed by atoms with Gasteiger partial charge in [-0.1, -0.05) is 12.2 Å². The van der Waals surface area contributed by atoms with Gasteiger partial charge in [-0.2, -0.15) is 12.6 Å². The van der Waals surface area contributed by atoms with E-state index in [0.717, 1.165) is 0 Å². The van der Waals surface area contributed by atoms with Crippen molar-refractivity contribution in [2.24, 2.45) is 0 Å². The fraction of sp³-hybridized carbons (Fsp3) is 0.833. The monoisotopic (exact) mass is 230 g/mol. The molecular weight excluding hydrogens is 216 g/mol. The number of thiocarbonyl (C=S) groups is 1. The van der Waals surface area contributed by atoms with Crippen molar-refractivity contribution in [3.8, 4) is 0 Å². The highest BCUT2D eigenvalue weighted by Gasteiger charge is 1.79. The molecule has 0 rings (SSSR count). The fourth-order valence-corrected chi connectivity index (χ4v) is 0.231. The molecule has 2 N–H and O–H groups in total. The first-order valence-corrected chi connectivity index (χ1v) is 4.80.